The molecule has 6 rings (SSSR count). The number of amides is 1. The Morgan fingerprint density at radius 2 is 1.44 bits per heavy atom. The van der Waals surface area contributed by atoms with E-state index in [1.54, 1.807) is 24.8 Å². The molecule has 0 bridgehead atoms. The van der Waals surface area contributed by atoms with Crippen LogP contribution in [-0.2, 0) is 19.2 Å². The van der Waals surface area contributed by atoms with Crippen molar-refractivity contribution in [2.75, 3.05) is 31.6 Å². The Hall–Kier alpha value is -5.97. The molecule has 312 valence electrons. The summed E-state index contributed by atoms with van der Waals surface area (Å²) in [4.78, 5) is 47.2. The number of oxime groups is 1. The van der Waals surface area contributed by atoms with Crippen LogP contribution in [0.3, 0.4) is 0 Å². The highest BCUT2D eigenvalue weighted by molar-refractivity contribution is 6.04. The number of carbonyl (C=O) groups excluding carboxylic acids is 2. The quantitative estimate of drug-likeness (QED) is 0.0382. The maximum absolute atomic E-state index is 12.5. The molecule has 59 heavy (non-hydrogen) atoms. The van der Waals surface area contributed by atoms with Gasteiger partial charge in [-0.05, 0) is 61.7 Å². The van der Waals surface area contributed by atoms with Crippen LogP contribution in [-0.4, -0.2) is 70.4 Å². The Bertz CT molecular complexity index is 2020. The van der Waals surface area contributed by atoms with Crippen molar-refractivity contribution < 1.29 is 19.2 Å². The molecule has 2 aromatic heterocycles. The molecule has 0 spiro atoms. The molecule has 3 aromatic carbocycles. The molecule has 1 unspecified atom stereocenters. The standard InChI is InChI=1S/C45H57N5O4.C3H4N2/c1-5-8-9-10-11-12-13-14-15-16-31-46-41(51)30-19-33-17-20-35(21-18-33)42-43(48-44(47-42)37-26-28-38(29-27-37)50(6-2)7-3)36-24-22-34(23-25-36)39-32-40(54-49-39)45(52)53-4;1-2-5-3-4-1/h17-30,40H,5-16,31-32H2,1-4H3,(H,46,51)(H,47,48);1-3H,(H,4,5)/b30-19+;. The zero-order valence-electron chi connectivity index (χ0n) is 35.2. The number of aromatic nitrogens is 4. The number of imidazole rings is 2. The monoisotopic (exact) mass is 799 g/mol. The van der Waals surface area contributed by atoms with E-state index in [1.165, 1.54) is 64.2 Å². The normalized spacial score (nSPS) is 13.4. The molecule has 5 aromatic rings. The van der Waals surface area contributed by atoms with Crippen LogP contribution in [0.1, 0.15) is 103 Å². The van der Waals surface area contributed by atoms with Gasteiger partial charge < -0.3 is 29.8 Å². The number of H-pyrrole nitrogens is 2. The number of esters is 1. The van der Waals surface area contributed by atoms with Crippen LogP contribution in [0.5, 0.6) is 0 Å². The number of anilines is 1. The molecule has 0 saturated carbocycles. The minimum absolute atomic E-state index is 0.0677. The summed E-state index contributed by atoms with van der Waals surface area (Å²) in [5, 5.41) is 7.16. The minimum atomic E-state index is -0.722. The number of rotatable bonds is 21. The number of nitrogens with zero attached hydrogens (tertiary/aromatic N) is 4. The molecule has 0 radical (unpaired) electrons. The number of nitrogens with one attached hydrogen (secondary N) is 3. The van der Waals surface area contributed by atoms with E-state index >= 15 is 0 Å². The summed E-state index contributed by atoms with van der Waals surface area (Å²) < 4.78 is 4.82. The third-order valence-electron chi connectivity index (χ3n) is 10.5. The molecule has 0 fully saturated rings. The van der Waals surface area contributed by atoms with Gasteiger partial charge in [-0.1, -0.05) is 118 Å². The predicted molar refractivity (Wildman–Crippen MR) is 239 cm³/mol. The summed E-state index contributed by atoms with van der Waals surface area (Å²) in [6, 6.07) is 24.6. The van der Waals surface area contributed by atoms with E-state index in [9.17, 15) is 9.59 Å². The van der Waals surface area contributed by atoms with Crippen molar-refractivity contribution in [3.05, 3.63) is 109 Å². The number of aromatic amines is 2. The lowest BCUT2D eigenvalue weighted by Crippen LogP contribution is -2.22. The van der Waals surface area contributed by atoms with Gasteiger partial charge in [0.1, 0.15) is 5.82 Å². The van der Waals surface area contributed by atoms with Gasteiger partial charge in [-0.3, -0.25) is 4.79 Å². The van der Waals surface area contributed by atoms with Gasteiger partial charge in [-0.25, -0.2) is 14.8 Å². The topological polar surface area (TPSA) is 138 Å². The van der Waals surface area contributed by atoms with E-state index in [1.807, 2.05) is 42.5 Å². The fourth-order valence-corrected chi connectivity index (χ4v) is 7.00. The lowest BCUT2D eigenvalue weighted by atomic mass is 10.00. The van der Waals surface area contributed by atoms with Crippen LogP contribution in [0.15, 0.2) is 103 Å². The predicted octanol–water partition coefficient (Wildman–Crippen LogP) is 10.4. The Kier molecular flexibility index (Phi) is 18.0. The van der Waals surface area contributed by atoms with Crippen LogP contribution >= 0.6 is 0 Å². The summed E-state index contributed by atoms with van der Waals surface area (Å²) in [5.74, 6) is 0.267. The number of ether oxygens (including phenoxy) is 1. The van der Waals surface area contributed by atoms with E-state index in [-0.39, 0.29) is 5.91 Å². The molecule has 1 aliphatic heterocycles. The van der Waals surface area contributed by atoms with Crippen LogP contribution in [0, 0.1) is 0 Å². The highest BCUT2D eigenvalue weighted by Gasteiger charge is 2.29. The number of unbranched alkanes of at least 4 members (excludes halogenated alkanes) is 9. The lowest BCUT2D eigenvalue weighted by Gasteiger charge is -2.20. The third-order valence-corrected chi connectivity index (χ3v) is 10.5. The summed E-state index contributed by atoms with van der Waals surface area (Å²) in [6.07, 6.45) is 20.9. The van der Waals surface area contributed by atoms with Crippen molar-refractivity contribution >= 4 is 29.4 Å². The van der Waals surface area contributed by atoms with Crippen molar-refractivity contribution in [1.29, 1.82) is 0 Å². The minimum Gasteiger partial charge on any atom is -0.466 e. The molecule has 1 atom stereocenters. The van der Waals surface area contributed by atoms with E-state index in [2.05, 4.69) is 87.5 Å². The second-order valence-corrected chi connectivity index (χ2v) is 14.7. The second kappa shape index (κ2) is 24.1. The zero-order chi connectivity index (χ0) is 41.7. The lowest BCUT2D eigenvalue weighted by molar-refractivity contribution is -0.152. The first-order chi connectivity index (χ1) is 28.9. The van der Waals surface area contributed by atoms with E-state index in [0.29, 0.717) is 18.7 Å². The van der Waals surface area contributed by atoms with Gasteiger partial charge in [-0.15, -0.1) is 0 Å². The second-order valence-electron chi connectivity index (χ2n) is 14.7. The van der Waals surface area contributed by atoms with Crippen molar-refractivity contribution in [1.82, 2.24) is 25.3 Å². The van der Waals surface area contributed by atoms with Crippen LogP contribution < -0.4 is 10.2 Å². The smallest absolute Gasteiger partial charge is 0.350 e. The average molecular weight is 800 g/mol. The molecule has 11 nitrogen and oxygen atoms in total. The molecule has 0 saturated heterocycles. The van der Waals surface area contributed by atoms with Gasteiger partial charge in [0.15, 0.2) is 0 Å². The first-order valence-electron chi connectivity index (χ1n) is 21.3. The summed E-state index contributed by atoms with van der Waals surface area (Å²) in [5.41, 5.74) is 8.30. The van der Waals surface area contributed by atoms with Gasteiger partial charge in [-0.2, -0.15) is 0 Å². The van der Waals surface area contributed by atoms with Crippen LogP contribution in [0.4, 0.5) is 5.69 Å². The Morgan fingerprint density at radius 1 is 0.814 bits per heavy atom. The van der Waals surface area contributed by atoms with Crippen molar-refractivity contribution in [2.45, 2.75) is 97.5 Å². The SMILES string of the molecule is CCCCCCCCCCCCNC(=O)/C=C/c1ccc(-c2[nH]c(-c3ccc(N(CC)CC)cc3)nc2-c2ccc(C3=NOC(C(=O)OC)C3)cc2)cc1.c1c[nH]cn1. The fraction of sp³-hybridized carbons (Fsp3) is 0.396. The van der Waals surface area contributed by atoms with Gasteiger partial charge in [0.25, 0.3) is 0 Å². The Labute approximate surface area is 349 Å². The number of hydrogen-bond acceptors (Lipinski definition) is 8. The molecular weight excluding hydrogens is 739 g/mol. The maximum atomic E-state index is 12.5. The van der Waals surface area contributed by atoms with Gasteiger partial charge >= 0.3 is 5.97 Å². The number of hydrogen-bond donors (Lipinski definition) is 3. The molecular formula is C48H61N7O4. The first kappa shape index (κ1) is 44.1. The summed E-state index contributed by atoms with van der Waals surface area (Å²) in [7, 11) is 1.34. The van der Waals surface area contributed by atoms with Crippen molar-refractivity contribution in [2.24, 2.45) is 5.16 Å². The van der Waals surface area contributed by atoms with E-state index in [0.717, 1.165) is 71.0 Å². The van der Waals surface area contributed by atoms with Gasteiger partial charge in [0, 0.05) is 66.9 Å². The molecule has 1 amide bonds. The Morgan fingerprint density at radius 3 is 2.03 bits per heavy atom. The van der Waals surface area contributed by atoms with E-state index < -0.39 is 12.1 Å². The number of benzene rings is 3. The Balaban J connectivity index is 0.00000123. The molecule has 0 aliphatic carbocycles. The highest BCUT2D eigenvalue weighted by Crippen LogP contribution is 2.34. The highest BCUT2D eigenvalue weighted by atomic mass is 16.7. The summed E-state index contributed by atoms with van der Waals surface area (Å²) >= 11 is 0. The van der Waals surface area contributed by atoms with Gasteiger partial charge in [0.05, 0.1) is 30.5 Å². The first-order valence-corrected chi connectivity index (χ1v) is 21.3. The maximum Gasteiger partial charge on any atom is 0.350 e. The molecule has 3 N–H and O–H groups in total. The van der Waals surface area contributed by atoms with Crippen LogP contribution in [0.25, 0.3) is 40.0 Å². The summed E-state index contributed by atoms with van der Waals surface area (Å²) in [6.45, 7) is 9.17. The number of carbonyl (C=O) groups is 2. The molecule has 3 heterocycles. The van der Waals surface area contributed by atoms with Crippen molar-refractivity contribution in [3.63, 3.8) is 0 Å². The molecule has 1 aliphatic rings. The third kappa shape index (κ3) is 13.6. The molecule has 11 heteroatoms. The fourth-order valence-electron chi connectivity index (χ4n) is 7.00. The van der Waals surface area contributed by atoms with E-state index in [4.69, 9.17) is 14.6 Å². The zero-order valence-corrected chi connectivity index (χ0v) is 35.2. The van der Waals surface area contributed by atoms with Gasteiger partial charge in [0.2, 0.25) is 12.0 Å². The average Bonchev–Trinajstić information content (AvgIpc) is 4.10. The van der Waals surface area contributed by atoms with Crippen molar-refractivity contribution in [3.8, 4) is 33.9 Å². The number of methoxy groups -OCH3 is 1. The largest absolute Gasteiger partial charge is 0.466 e. The van der Waals surface area contributed by atoms with Crippen LogP contribution in [0.2, 0.25) is 0 Å².